The smallest absolute Gasteiger partial charge is 0.227 e. The minimum absolute atomic E-state index is 0.0352. The Labute approximate surface area is 157 Å². The molecule has 0 aliphatic heterocycles. The molecule has 3 rings (SSSR count). The quantitative estimate of drug-likeness (QED) is 0.668. The van der Waals surface area contributed by atoms with E-state index < -0.39 is 0 Å². The number of rotatable bonds is 5. The molecule has 3 aromatic rings. The SMILES string of the molecule is CC(C)(C)c1ccc(O)c(NC(=O)CCc2nc(-c3cccnc3)no2)c1. The lowest BCUT2D eigenvalue weighted by Gasteiger charge is -2.20. The Kier molecular flexibility index (Phi) is 5.21. The fourth-order valence-corrected chi connectivity index (χ4v) is 2.50. The number of phenols is 1. The van der Waals surface area contributed by atoms with Crippen LogP contribution in [0.1, 0.15) is 38.6 Å². The van der Waals surface area contributed by atoms with Crippen molar-refractivity contribution >= 4 is 11.6 Å². The summed E-state index contributed by atoms with van der Waals surface area (Å²) in [4.78, 5) is 20.5. The summed E-state index contributed by atoms with van der Waals surface area (Å²) < 4.78 is 5.19. The molecule has 1 amide bonds. The Morgan fingerprint density at radius 1 is 1.26 bits per heavy atom. The van der Waals surface area contributed by atoms with Crippen LogP contribution in [0.4, 0.5) is 5.69 Å². The van der Waals surface area contributed by atoms with Crippen LogP contribution in [0, 0.1) is 0 Å². The summed E-state index contributed by atoms with van der Waals surface area (Å²) in [5, 5.41) is 16.6. The molecule has 0 bridgehead atoms. The molecule has 0 aliphatic rings. The molecule has 0 fully saturated rings. The van der Waals surface area contributed by atoms with Crippen molar-refractivity contribution in [3.63, 3.8) is 0 Å². The standard InChI is InChI=1S/C20H22N4O3/c1-20(2,3)14-6-7-16(25)15(11-14)22-17(26)8-9-18-23-19(24-27-18)13-5-4-10-21-12-13/h4-7,10-12,25H,8-9H2,1-3H3,(H,22,26). The summed E-state index contributed by atoms with van der Waals surface area (Å²) in [6, 6.07) is 8.86. The van der Waals surface area contributed by atoms with Crippen molar-refractivity contribution in [1.82, 2.24) is 15.1 Å². The number of pyridine rings is 1. The number of hydrogen-bond acceptors (Lipinski definition) is 6. The minimum atomic E-state index is -0.238. The van der Waals surface area contributed by atoms with Crippen LogP contribution in [-0.2, 0) is 16.6 Å². The van der Waals surface area contributed by atoms with E-state index >= 15 is 0 Å². The molecule has 27 heavy (non-hydrogen) atoms. The molecule has 7 heteroatoms. The maximum atomic E-state index is 12.3. The number of carbonyl (C=O) groups is 1. The third-order valence-electron chi connectivity index (χ3n) is 4.09. The molecule has 7 nitrogen and oxygen atoms in total. The van der Waals surface area contributed by atoms with Gasteiger partial charge in [-0.15, -0.1) is 0 Å². The largest absolute Gasteiger partial charge is 0.506 e. The summed E-state index contributed by atoms with van der Waals surface area (Å²) in [6.07, 6.45) is 3.78. The van der Waals surface area contributed by atoms with Gasteiger partial charge in [0.05, 0.1) is 5.69 Å². The molecule has 1 aromatic carbocycles. The normalized spacial score (nSPS) is 11.4. The number of benzene rings is 1. The van der Waals surface area contributed by atoms with E-state index in [1.165, 1.54) is 0 Å². The Morgan fingerprint density at radius 2 is 2.07 bits per heavy atom. The first kappa shape index (κ1) is 18.6. The fraction of sp³-hybridized carbons (Fsp3) is 0.300. The number of aromatic nitrogens is 3. The zero-order chi connectivity index (χ0) is 19.4. The van der Waals surface area contributed by atoms with E-state index in [1.807, 2.05) is 12.1 Å². The van der Waals surface area contributed by atoms with Crippen LogP contribution < -0.4 is 5.32 Å². The predicted octanol–water partition coefficient (Wildman–Crippen LogP) is 3.71. The third-order valence-corrected chi connectivity index (χ3v) is 4.09. The highest BCUT2D eigenvalue weighted by Gasteiger charge is 2.17. The molecule has 0 saturated carbocycles. The van der Waals surface area contributed by atoms with Gasteiger partial charge in [0.15, 0.2) is 0 Å². The number of hydrogen-bond donors (Lipinski definition) is 2. The van der Waals surface area contributed by atoms with Gasteiger partial charge in [-0.3, -0.25) is 9.78 Å². The summed E-state index contributed by atoms with van der Waals surface area (Å²) in [5.41, 5.74) is 2.09. The van der Waals surface area contributed by atoms with E-state index in [9.17, 15) is 9.90 Å². The fourth-order valence-electron chi connectivity index (χ4n) is 2.50. The number of phenolic OH excluding ortho intramolecular Hbond substituents is 1. The van der Waals surface area contributed by atoms with Gasteiger partial charge in [0.1, 0.15) is 5.75 Å². The van der Waals surface area contributed by atoms with Crippen molar-refractivity contribution in [3.8, 4) is 17.1 Å². The predicted molar refractivity (Wildman–Crippen MR) is 101 cm³/mol. The monoisotopic (exact) mass is 366 g/mol. The van der Waals surface area contributed by atoms with Crippen LogP contribution in [0.5, 0.6) is 5.75 Å². The molecule has 0 unspecified atom stereocenters. The van der Waals surface area contributed by atoms with Gasteiger partial charge in [-0.05, 0) is 35.2 Å². The Balaban J connectivity index is 1.62. The summed E-state index contributed by atoms with van der Waals surface area (Å²) >= 11 is 0. The summed E-state index contributed by atoms with van der Waals surface area (Å²) in [7, 11) is 0. The van der Waals surface area contributed by atoms with Crippen molar-refractivity contribution in [2.45, 2.75) is 39.0 Å². The number of aromatic hydroxyl groups is 1. The highest BCUT2D eigenvalue weighted by atomic mass is 16.5. The maximum absolute atomic E-state index is 12.3. The molecular weight excluding hydrogens is 344 g/mol. The molecule has 0 aliphatic carbocycles. The van der Waals surface area contributed by atoms with Crippen molar-refractivity contribution in [2.75, 3.05) is 5.32 Å². The average molecular weight is 366 g/mol. The van der Waals surface area contributed by atoms with Crippen LogP contribution in [-0.4, -0.2) is 26.1 Å². The second-order valence-corrected chi connectivity index (χ2v) is 7.28. The average Bonchev–Trinajstić information content (AvgIpc) is 3.11. The number of carbonyl (C=O) groups excluding carboxylic acids is 1. The first-order valence-electron chi connectivity index (χ1n) is 8.69. The molecule has 140 valence electrons. The first-order valence-corrected chi connectivity index (χ1v) is 8.69. The molecule has 2 heterocycles. The van der Waals surface area contributed by atoms with Gasteiger partial charge in [-0.1, -0.05) is 32.0 Å². The van der Waals surface area contributed by atoms with Crippen molar-refractivity contribution in [1.29, 1.82) is 0 Å². The highest BCUT2D eigenvalue weighted by molar-refractivity contribution is 5.92. The van der Waals surface area contributed by atoms with Crippen molar-refractivity contribution in [3.05, 3.63) is 54.2 Å². The molecular formula is C20H22N4O3. The topological polar surface area (TPSA) is 101 Å². The lowest BCUT2D eigenvalue weighted by atomic mass is 9.87. The first-order chi connectivity index (χ1) is 12.8. The third kappa shape index (κ3) is 4.69. The Hall–Kier alpha value is -3.22. The molecule has 2 aromatic heterocycles. The van der Waals surface area contributed by atoms with Crippen molar-refractivity contribution < 1.29 is 14.4 Å². The number of aryl methyl sites for hydroxylation is 1. The molecule has 0 spiro atoms. The highest BCUT2D eigenvalue weighted by Crippen LogP contribution is 2.30. The van der Waals surface area contributed by atoms with Gasteiger partial charge >= 0.3 is 0 Å². The molecule has 0 saturated heterocycles. The van der Waals surface area contributed by atoms with Crippen molar-refractivity contribution in [2.24, 2.45) is 0 Å². The van der Waals surface area contributed by atoms with Gasteiger partial charge in [0.25, 0.3) is 0 Å². The minimum Gasteiger partial charge on any atom is -0.506 e. The van der Waals surface area contributed by atoms with Gasteiger partial charge in [0, 0.05) is 30.8 Å². The van der Waals surface area contributed by atoms with Crippen LogP contribution in [0.2, 0.25) is 0 Å². The zero-order valence-corrected chi connectivity index (χ0v) is 15.6. The van der Waals surface area contributed by atoms with Gasteiger partial charge in [0.2, 0.25) is 17.6 Å². The van der Waals surface area contributed by atoms with E-state index in [1.54, 1.807) is 30.6 Å². The van der Waals surface area contributed by atoms with E-state index in [0.29, 0.717) is 23.8 Å². The number of anilines is 1. The summed E-state index contributed by atoms with van der Waals surface area (Å²) in [6.45, 7) is 6.21. The van der Waals surface area contributed by atoms with E-state index in [2.05, 4.69) is 41.2 Å². The Morgan fingerprint density at radius 3 is 2.78 bits per heavy atom. The van der Waals surface area contributed by atoms with Crippen LogP contribution in [0.25, 0.3) is 11.4 Å². The number of amides is 1. The van der Waals surface area contributed by atoms with Gasteiger partial charge in [-0.2, -0.15) is 4.98 Å². The second-order valence-electron chi connectivity index (χ2n) is 7.28. The van der Waals surface area contributed by atoms with E-state index in [-0.39, 0.29) is 23.5 Å². The molecule has 0 atom stereocenters. The van der Waals surface area contributed by atoms with Gasteiger partial charge in [-0.25, -0.2) is 0 Å². The number of nitrogens with one attached hydrogen (secondary N) is 1. The van der Waals surface area contributed by atoms with Crippen LogP contribution >= 0.6 is 0 Å². The Bertz CT molecular complexity index is 930. The van der Waals surface area contributed by atoms with Crippen LogP contribution in [0.3, 0.4) is 0 Å². The number of nitrogens with zero attached hydrogens (tertiary/aromatic N) is 3. The lowest BCUT2D eigenvalue weighted by Crippen LogP contribution is -2.15. The maximum Gasteiger partial charge on any atom is 0.227 e. The molecule has 0 radical (unpaired) electrons. The van der Waals surface area contributed by atoms with E-state index in [0.717, 1.165) is 11.1 Å². The summed E-state index contributed by atoms with van der Waals surface area (Å²) in [5.74, 6) is 0.608. The second kappa shape index (κ2) is 7.57. The zero-order valence-electron chi connectivity index (χ0n) is 15.6. The van der Waals surface area contributed by atoms with Crippen LogP contribution in [0.15, 0.2) is 47.2 Å². The lowest BCUT2D eigenvalue weighted by molar-refractivity contribution is -0.116. The van der Waals surface area contributed by atoms with Gasteiger partial charge < -0.3 is 14.9 Å². The van der Waals surface area contributed by atoms with E-state index in [4.69, 9.17) is 4.52 Å². The molecule has 2 N–H and O–H groups in total.